The summed E-state index contributed by atoms with van der Waals surface area (Å²) < 4.78 is 5.08. The minimum Gasteiger partial charge on any atom is -0.347 e. The van der Waals surface area contributed by atoms with Crippen LogP contribution in [0.25, 0.3) is 22.4 Å². The van der Waals surface area contributed by atoms with Gasteiger partial charge in [0, 0.05) is 19.0 Å². The maximum absolute atomic E-state index is 12.0. The summed E-state index contributed by atoms with van der Waals surface area (Å²) in [4.78, 5) is 38.1. The summed E-state index contributed by atoms with van der Waals surface area (Å²) in [5.74, 6) is 1.01. The highest BCUT2D eigenvalue weighted by Crippen LogP contribution is 2.12. The van der Waals surface area contributed by atoms with Gasteiger partial charge in [-0.1, -0.05) is 17.3 Å². The summed E-state index contributed by atoms with van der Waals surface area (Å²) in [5, 5.41) is 6.49. The number of aromatic amines is 2. The van der Waals surface area contributed by atoms with Crippen molar-refractivity contribution < 1.29 is 9.32 Å². The van der Waals surface area contributed by atoms with Crippen molar-refractivity contribution in [1.29, 1.82) is 0 Å². The van der Waals surface area contributed by atoms with Gasteiger partial charge in [-0.05, 0) is 24.3 Å². The quantitative estimate of drug-likeness (QED) is 0.476. The van der Waals surface area contributed by atoms with Crippen LogP contribution in [0.2, 0.25) is 0 Å². The molecule has 3 heterocycles. The zero-order chi connectivity index (χ0) is 18.6. The lowest BCUT2D eigenvalue weighted by atomic mass is 10.3. The predicted octanol–water partition coefficient (Wildman–Crippen LogP) is 1.55. The van der Waals surface area contributed by atoms with Gasteiger partial charge in [0.05, 0.1) is 23.1 Å². The molecule has 0 aliphatic heterocycles. The molecule has 1 aromatic carbocycles. The molecule has 0 atom stereocenters. The van der Waals surface area contributed by atoms with E-state index in [2.05, 4.69) is 30.4 Å². The molecule has 9 nitrogen and oxygen atoms in total. The number of nitrogens with one attached hydrogen (secondary N) is 3. The van der Waals surface area contributed by atoms with Crippen LogP contribution >= 0.6 is 0 Å². The maximum atomic E-state index is 12.0. The third-order valence-electron chi connectivity index (χ3n) is 3.99. The molecule has 0 radical (unpaired) electrons. The first kappa shape index (κ1) is 16.7. The van der Waals surface area contributed by atoms with E-state index in [1.54, 1.807) is 12.1 Å². The summed E-state index contributed by atoms with van der Waals surface area (Å²) in [7, 11) is 0. The molecule has 3 N–H and O–H groups in total. The van der Waals surface area contributed by atoms with Gasteiger partial charge in [0.15, 0.2) is 0 Å². The number of rotatable bonds is 6. The van der Waals surface area contributed by atoms with Crippen LogP contribution < -0.4 is 10.9 Å². The molecule has 0 saturated carbocycles. The van der Waals surface area contributed by atoms with Gasteiger partial charge in [0.25, 0.3) is 5.56 Å². The Morgan fingerprint density at radius 3 is 2.89 bits per heavy atom. The van der Waals surface area contributed by atoms with Crippen LogP contribution in [-0.2, 0) is 17.8 Å². The van der Waals surface area contributed by atoms with Gasteiger partial charge in [-0.3, -0.25) is 9.59 Å². The fraction of sp³-hybridized carbons (Fsp3) is 0.167. The monoisotopic (exact) mass is 364 g/mol. The van der Waals surface area contributed by atoms with Crippen molar-refractivity contribution in [3.05, 3.63) is 64.7 Å². The molecule has 0 aliphatic carbocycles. The summed E-state index contributed by atoms with van der Waals surface area (Å²) in [6.45, 7) is 0.0940. The van der Waals surface area contributed by atoms with E-state index in [1.165, 1.54) is 6.20 Å². The summed E-state index contributed by atoms with van der Waals surface area (Å²) in [6, 6.07) is 11.0. The van der Waals surface area contributed by atoms with Gasteiger partial charge in [-0.25, -0.2) is 4.98 Å². The van der Waals surface area contributed by atoms with Crippen molar-refractivity contribution >= 4 is 16.9 Å². The number of nitrogens with zero attached hydrogens (tertiary/aromatic N) is 3. The van der Waals surface area contributed by atoms with Crippen molar-refractivity contribution in [2.75, 3.05) is 0 Å². The lowest BCUT2D eigenvalue weighted by Gasteiger charge is -2.00. The number of carbonyl (C=O) groups excluding carboxylic acids is 1. The van der Waals surface area contributed by atoms with E-state index in [9.17, 15) is 9.59 Å². The Hall–Kier alpha value is -3.75. The van der Waals surface area contributed by atoms with Gasteiger partial charge >= 0.3 is 0 Å². The molecular formula is C18H16N6O3. The molecular weight excluding hydrogens is 348 g/mol. The number of H-pyrrole nitrogens is 2. The molecule has 9 heteroatoms. The molecule has 0 bridgehead atoms. The molecule has 136 valence electrons. The normalized spacial score (nSPS) is 11.0. The van der Waals surface area contributed by atoms with Gasteiger partial charge in [0.1, 0.15) is 5.82 Å². The largest absolute Gasteiger partial charge is 0.347 e. The van der Waals surface area contributed by atoms with Gasteiger partial charge in [-0.2, -0.15) is 4.98 Å². The number of pyridine rings is 1. The summed E-state index contributed by atoms with van der Waals surface area (Å²) in [6.07, 6.45) is 2.29. The van der Waals surface area contributed by atoms with Crippen LogP contribution in [0.5, 0.6) is 0 Å². The van der Waals surface area contributed by atoms with Crippen LogP contribution in [0.4, 0.5) is 0 Å². The second kappa shape index (κ2) is 7.24. The predicted molar refractivity (Wildman–Crippen MR) is 96.6 cm³/mol. The third-order valence-corrected chi connectivity index (χ3v) is 3.99. The van der Waals surface area contributed by atoms with Crippen LogP contribution in [0.1, 0.15) is 18.1 Å². The van der Waals surface area contributed by atoms with Crippen molar-refractivity contribution in [3.63, 3.8) is 0 Å². The van der Waals surface area contributed by atoms with Gasteiger partial charge in [0.2, 0.25) is 17.6 Å². The number of amides is 1. The SMILES string of the molecule is O=C(CCc1nc2ccccc2[nH]1)NCc1nc(-c2ccc[nH]c2=O)no1. The molecule has 0 aliphatic rings. The standard InChI is InChI=1S/C18H16N6O3/c25-15(8-7-14-21-12-5-1-2-6-13(12)22-14)20-10-16-23-17(24-27-16)11-4-3-9-19-18(11)26/h1-6,9H,7-8,10H2,(H,19,26)(H,20,25)(H,21,22). The van der Waals surface area contributed by atoms with E-state index >= 15 is 0 Å². The number of fused-ring (bicyclic) bond motifs is 1. The number of benzene rings is 1. The Kier molecular flexibility index (Phi) is 4.48. The average Bonchev–Trinajstić information content (AvgIpc) is 3.31. The topological polar surface area (TPSA) is 130 Å². The lowest BCUT2D eigenvalue weighted by molar-refractivity contribution is -0.121. The number of aryl methyl sites for hydroxylation is 1. The molecule has 0 unspecified atom stereocenters. The number of hydrogen-bond donors (Lipinski definition) is 3. The Labute approximate surface area is 152 Å². The van der Waals surface area contributed by atoms with Crippen LogP contribution in [0, 0.1) is 0 Å². The van der Waals surface area contributed by atoms with Gasteiger partial charge < -0.3 is 19.8 Å². The number of aromatic nitrogens is 5. The molecule has 0 saturated heterocycles. The third kappa shape index (κ3) is 3.76. The Bertz CT molecular complexity index is 1110. The van der Waals surface area contributed by atoms with E-state index in [-0.39, 0.29) is 36.1 Å². The number of para-hydroxylation sites is 2. The number of imidazole rings is 1. The minimum atomic E-state index is -0.306. The van der Waals surface area contributed by atoms with E-state index < -0.39 is 0 Å². The molecule has 0 fully saturated rings. The smallest absolute Gasteiger partial charge is 0.259 e. The Balaban J connectivity index is 1.32. The molecule has 0 spiro atoms. The van der Waals surface area contributed by atoms with Crippen LogP contribution in [0.15, 0.2) is 51.9 Å². The molecule has 4 aromatic rings. The summed E-state index contributed by atoms with van der Waals surface area (Å²) in [5.41, 5.74) is 1.83. The highest BCUT2D eigenvalue weighted by molar-refractivity contribution is 5.77. The highest BCUT2D eigenvalue weighted by atomic mass is 16.5. The maximum Gasteiger partial charge on any atom is 0.259 e. The van der Waals surface area contributed by atoms with Crippen molar-refractivity contribution in [3.8, 4) is 11.4 Å². The molecule has 3 aromatic heterocycles. The fourth-order valence-corrected chi connectivity index (χ4v) is 2.65. The zero-order valence-electron chi connectivity index (χ0n) is 14.2. The summed E-state index contributed by atoms with van der Waals surface area (Å²) >= 11 is 0. The number of hydrogen-bond acceptors (Lipinski definition) is 6. The zero-order valence-corrected chi connectivity index (χ0v) is 14.2. The average molecular weight is 364 g/mol. The highest BCUT2D eigenvalue weighted by Gasteiger charge is 2.12. The van der Waals surface area contributed by atoms with Crippen molar-refractivity contribution in [2.24, 2.45) is 0 Å². The first-order chi connectivity index (χ1) is 13.2. The molecule has 27 heavy (non-hydrogen) atoms. The fourth-order valence-electron chi connectivity index (χ4n) is 2.65. The van der Waals surface area contributed by atoms with Crippen LogP contribution in [-0.4, -0.2) is 31.0 Å². The van der Waals surface area contributed by atoms with Gasteiger partial charge in [-0.15, -0.1) is 0 Å². The van der Waals surface area contributed by atoms with E-state index in [0.29, 0.717) is 12.0 Å². The minimum absolute atomic E-state index is 0.0940. The molecule has 1 amide bonds. The Morgan fingerprint density at radius 2 is 2.04 bits per heavy atom. The Morgan fingerprint density at radius 1 is 1.15 bits per heavy atom. The molecule has 4 rings (SSSR count). The second-order valence-corrected chi connectivity index (χ2v) is 5.90. The van der Waals surface area contributed by atoms with E-state index in [4.69, 9.17) is 4.52 Å². The first-order valence-corrected chi connectivity index (χ1v) is 8.40. The van der Waals surface area contributed by atoms with Crippen molar-refractivity contribution in [2.45, 2.75) is 19.4 Å². The lowest BCUT2D eigenvalue weighted by Crippen LogP contribution is -2.23. The van der Waals surface area contributed by atoms with Crippen LogP contribution in [0.3, 0.4) is 0 Å². The first-order valence-electron chi connectivity index (χ1n) is 8.40. The van der Waals surface area contributed by atoms with E-state index in [1.807, 2.05) is 24.3 Å². The second-order valence-electron chi connectivity index (χ2n) is 5.90. The van der Waals surface area contributed by atoms with E-state index in [0.717, 1.165) is 16.9 Å². The number of carbonyl (C=O) groups is 1. The van der Waals surface area contributed by atoms with Crippen molar-refractivity contribution in [1.82, 2.24) is 30.4 Å².